The Morgan fingerprint density at radius 1 is 1.40 bits per heavy atom. The van der Waals surface area contributed by atoms with E-state index in [-0.39, 0.29) is 11.5 Å². The molecule has 2 aromatic rings. The molecular weight excluding hydrogens is 194 g/mol. The molecule has 0 aliphatic carbocycles. The second kappa shape index (κ2) is 3.53. The minimum absolute atomic E-state index is 0.309. The molecule has 0 atom stereocenters. The van der Waals surface area contributed by atoms with E-state index in [1.807, 2.05) is 6.07 Å². The number of carbonyl (C=O) groups is 1. The van der Waals surface area contributed by atoms with Crippen LogP contribution in [0.2, 0.25) is 0 Å². The van der Waals surface area contributed by atoms with Crippen molar-refractivity contribution in [3.05, 3.63) is 40.8 Å². The SMILES string of the molecule is CC(=O)Nn1c(=O)ccc2cccnc21. The zero-order valence-electron chi connectivity index (χ0n) is 8.10. The van der Waals surface area contributed by atoms with Gasteiger partial charge in [-0.05, 0) is 18.2 Å². The van der Waals surface area contributed by atoms with E-state index in [1.54, 1.807) is 18.3 Å². The predicted octanol–water partition coefficient (Wildman–Crippen LogP) is 0.486. The average Bonchev–Trinajstić information content (AvgIpc) is 2.22. The van der Waals surface area contributed by atoms with Gasteiger partial charge in [-0.1, -0.05) is 0 Å². The summed E-state index contributed by atoms with van der Waals surface area (Å²) < 4.78 is 1.14. The fourth-order valence-electron chi connectivity index (χ4n) is 1.33. The summed E-state index contributed by atoms with van der Waals surface area (Å²) in [6.45, 7) is 1.34. The first-order chi connectivity index (χ1) is 7.18. The maximum absolute atomic E-state index is 11.5. The number of rotatable bonds is 1. The Morgan fingerprint density at radius 2 is 2.20 bits per heavy atom. The average molecular weight is 203 g/mol. The summed E-state index contributed by atoms with van der Waals surface area (Å²) >= 11 is 0. The first-order valence-corrected chi connectivity index (χ1v) is 4.43. The molecule has 0 radical (unpaired) electrons. The van der Waals surface area contributed by atoms with Gasteiger partial charge in [-0.15, -0.1) is 0 Å². The van der Waals surface area contributed by atoms with Crippen LogP contribution in [0.4, 0.5) is 0 Å². The van der Waals surface area contributed by atoms with Crippen molar-refractivity contribution in [3.63, 3.8) is 0 Å². The molecule has 2 heterocycles. The van der Waals surface area contributed by atoms with Crippen molar-refractivity contribution in [2.24, 2.45) is 0 Å². The normalized spacial score (nSPS) is 10.2. The Balaban J connectivity index is 2.74. The highest BCUT2D eigenvalue weighted by atomic mass is 16.2. The molecule has 0 bridgehead atoms. The zero-order chi connectivity index (χ0) is 10.8. The molecule has 0 aliphatic heterocycles. The highest BCUT2D eigenvalue weighted by molar-refractivity contribution is 5.83. The van der Waals surface area contributed by atoms with Crippen LogP contribution in [-0.2, 0) is 4.79 Å². The number of nitrogens with one attached hydrogen (secondary N) is 1. The summed E-state index contributed by atoms with van der Waals surface area (Å²) in [7, 11) is 0. The van der Waals surface area contributed by atoms with Crippen LogP contribution in [0, 0.1) is 0 Å². The van der Waals surface area contributed by atoms with Crippen molar-refractivity contribution < 1.29 is 4.79 Å². The van der Waals surface area contributed by atoms with Crippen LogP contribution in [0.1, 0.15) is 6.92 Å². The molecular formula is C10H9N3O2. The highest BCUT2D eigenvalue weighted by Gasteiger charge is 2.03. The zero-order valence-corrected chi connectivity index (χ0v) is 8.10. The van der Waals surface area contributed by atoms with Gasteiger partial charge in [-0.25, -0.2) is 4.98 Å². The number of aromatic nitrogens is 2. The molecule has 2 aromatic heterocycles. The first-order valence-electron chi connectivity index (χ1n) is 4.43. The van der Waals surface area contributed by atoms with Crippen LogP contribution < -0.4 is 11.0 Å². The molecule has 0 unspecified atom stereocenters. The number of hydrogen-bond acceptors (Lipinski definition) is 3. The van der Waals surface area contributed by atoms with Crippen molar-refractivity contribution in [1.29, 1.82) is 0 Å². The van der Waals surface area contributed by atoms with E-state index in [0.29, 0.717) is 5.65 Å². The lowest BCUT2D eigenvalue weighted by Crippen LogP contribution is -2.31. The lowest BCUT2D eigenvalue weighted by atomic mass is 10.3. The fraction of sp³-hybridized carbons (Fsp3) is 0.100. The largest absolute Gasteiger partial charge is 0.274 e. The topological polar surface area (TPSA) is 64.0 Å². The van der Waals surface area contributed by atoms with Gasteiger partial charge >= 0.3 is 0 Å². The Kier molecular flexibility index (Phi) is 2.21. The van der Waals surface area contributed by atoms with Crippen molar-refractivity contribution in [2.45, 2.75) is 6.92 Å². The van der Waals surface area contributed by atoms with Gasteiger partial charge in [0.05, 0.1) is 0 Å². The summed E-state index contributed by atoms with van der Waals surface area (Å²) in [4.78, 5) is 26.4. The van der Waals surface area contributed by atoms with Gasteiger partial charge in [-0.2, -0.15) is 4.68 Å². The van der Waals surface area contributed by atoms with Crippen LogP contribution in [0.5, 0.6) is 0 Å². The maximum Gasteiger partial charge on any atom is 0.271 e. The van der Waals surface area contributed by atoms with Gasteiger partial charge in [0, 0.05) is 24.6 Å². The molecule has 0 aromatic carbocycles. The van der Waals surface area contributed by atoms with Crippen molar-refractivity contribution in [2.75, 3.05) is 5.43 Å². The van der Waals surface area contributed by atoms with Crippen LogP contribution in [-0.4, -0.2) is 15.6 Å². The van der Waals surface area contributed by atoms with Crippen molar-refractivity contribution >= 4 is 16.9 Å². The third-order valence-electron chi connectivity index (χ3n) is 1.92. The summed E-state index contributed by atoms with van der Waals surface area (Å²) in [5.74, 6) is -0.310. The molecule has 2 rings (SSSR count). The molecule has 76 valence electrons. The third-order valence-corrected chi connectivity index (χ3v) is 1.92. The van der Waals surface area contributed by atoms with E-state index in [4.69, 9.17) is 0 Å². The van der Waals surface area contributed by atoms with Crippen molar-refractivity contribution in [1.82, 2.24) is 9.66 Å². The van der Waals surface area contributed by atoms with E-state index in [9.17, 15) is 9.59 Å². The lowest BCUT2D eigenvalue weighted by molar-refractivity contribution is -0.115. The minimum atomic E-state index is -0.310. The lowest BCUT2D eigenvalue weighted by Gasteiger charge is -2.07. The van der Waals surface area contributed by atoms with E-state index in [0.717, 1.165) is 10.1 Å². The van der Waals surface area contributed by atoms with Crippen LogP contribution in [0.15, 0.2) is 35.3 Å². The molecule has 0 spiro atoms. The molecule has 5 nitrogen and oxygen atoms in total. The van der Waals surface area contributed by atoms with E-state index >= 15 is 0 Å². The highest BCUT2D eigenvalue weighted by Crippen LogP contribution is 2.05. The summed E-state index contributed by atoms with van der Waals surface area (Å²) in [5, 5.41) is 0.797. The molecule has 1 N–H and O–H groups in total. The standard InChI is InChI=1S/C10H9N3O2/c1-7(14)12-13-9(15)5-4-8-3-2-6-11-10(8)13/h2-6H,1H3,(H,12,14). The number of hydrogen-bond donors (Lipinski definition) is 1. The number of fused-ring (bicyclic) bond motifs is 1. The molecule has 5 heteroatoms. The quantitative estimate of drug-likeness (QED) is 0.733. The number of pyridine rings is 2. The number of amides is 1. The Morgan fingerprint density at radius 3 is 2.93 bits per heavy atom. The summed E-state index contributed by atoms with van der Waals surface area (Å²) in [5.41, 5.74) is 2.55. The Labute approximate surface area is 85.3 Å². The molecule has 1 amide bonds. The summed E-state index contributed by atoms with van der Waals surface area (Å²) in [6, 6.07) is 6.65. The number of nitrogens with zero attached hydrogens (tertiary/aromatic N) is 2. The molecule has 0 saturated heterocycles. The molecule has 0 fully saturated rings. The Bertz CT molecular complexity index is 574. The first kappa shape index (κ1) is 9.39. The Hall–Kier alpha value is -2.17. The van der Waals surface area contributed by atoms with Crippen LogP contribution in [0.3, 0.4) is 0 Å². The number of carbonyl (C=O) groups excluding carboxylic acids is 1. The third kappa shape index (κ3) is 1.71. The minimum Gasteiger partial charge on any atom is -0.274 e. The maximum atomic E-state index is 11.5. The van der Waals surface area contributed by atoms with Crippen LogP contribution in [0.25, 0.3) is 11.0 Å². The molecule has 15 heavy (non-hydrogen) atoms. The fourth-order valence-corrected chi connectivity index (χ4v) is 1.33. The van der Waals surface area contributed by atoms with Gasteiger partial charge < -0.3 is 0 Å². The van der Waals surface area contributed by atoms with Crippen LogP contribution >= 0.6 is 0 Å². The second-order valence-electron chi connectivity index (χ2n) is 3.09. The van der Waals surface area contributed by atoms with Gasteiger partial charge in [-0.3, -0.25) is 15.0 Å². The van der Waals surface area contributed by atoms with Crippen molar-refractivity contribution in [3.8, 4) is 0 Å². The van der Waals surface area contributed by atoms with Gasteiger partial charge in [0.1, 0.15) is 0 Å². The second-order valence-corrected chi connectivity index (χ2v) is 3.09. The smallest absolute Gasteiger partial charge is 0.271 e. The van der Waals surface area contributed by atoms with Gasteiger partial charge in [0.2, 0.25) is 5.91 Å². The van der Waals surface area contributed by atoms with E-state index < -0.39 is 0 Å². The van der Waals surface area contributed by atoms with E-state index in [1.165, 1.54) is 13.0 Å². The van der Waals surface area contributed by atoms with Gasteiger partial charge in [0.25, 0.3) is 5.56 Å². The summed E-state index contributed by atoms with van der Waals surface area (Å²) in [6.07, 6.45) is 1.57. The molecule has 0 aliphatic rings. The monoisotopic (exact) mass is 203 g/mol. The predicted molar refractivity (Wildman–Crippen MR) is 56.0 cm³/mol. The molecule has 0 saturated carbocycles. The van der Waals surface area contributed by atoms with Gasteiger partial charge in [0.15, 0.2) is 5.65 Å². The van der Waals surface area contributed by atoms with E-state index in [2.05, 4.69) is 10.4 Å².